The van der Waals surface area contributed by atoms with Crippen LogP contribution in [-0.4, -0.2) is 32.2 Å². The smallest absolute Gasteiger partial charge is 0.224 e. The largest absolute Gasteiger partial charge is 0.497 e. The highest BCUT2D eigenvalue weighted by Gasteiger charge is 2.34. The van der Waals surface area contributed by atoms with E-state index in [0.29, 0.717) is 41.6 Å². The Hall–Kier alpha value is -1.46. The zero-order valence-corrected chi connectivity index (χ0v) is 14.4. The molecule has 2 aliphatic heterocycles. The maximum Gasteiger partial charge on any atom is 0.224 e. The summed E-state index contributed by atoms with van der Waals surface area (Å²) in [6.07, 6.45) is 5.31. The Morgan fingerprint density at radius 1 is 1.22 bits per heavy atom. The molecule has 3 rings (SSSR count). The molecule has 1 aromatic carbocycles. The van der Waals surface area contributed by atoms with Gasteiger partial charge >= 0.3 is 0 Å². The van der Waals surface area contributed by atoms with Gasteiger partial charge in [-0.05, 0) is 43.7 Å². The molecule has 5 nitrogen and oxygen atoms in total. The maximum atomic E-state index is 12.4. The van der Waals surface area contributed by atoms with Crippen LogP contribution in [0.4, 0.5) is 5.69 Å². The monoisotopic (exact) mass is 340 g/mol. The minimum atomic E-state index is 0. The van der Waals surface area contributed by atoms with Crippen molar-refractivity contribution >= 4 is 24.0 Å². The highest BCUT2D eigenvalue weighted by molar-refractivity contribution is 5.92. The first-order valence-corrected chi connectivity index (χ1v) is 7.96. The highest BCUT2D eigenvalue weighted by Crippen LogP contribution is 2.34. The van der Waals surface area contributed by atoms with E-state index in [-0.39, 0.29) is 18.3 Å². The number of rotatable bonds is 5. The average Bonchev–Trinajstić information content (AvgIpc) is 2.85. The molecule has 1 amide bonds. The number of carbonyl (C=O) groups excluding carboxylic acids is 1. The van der Waals surface area contributed by atoms with Gasteiger partial charge in [0.05, 0.1) is 19.9 Å². The third-order valence-corrected chi connectivity index (χ3v) is 4.73. The fourth-order valence-electron chi connectivity index (χ4n) is 3.72. The van der Waals surface area contributed by atoms with E-state index in [1.54, 1.807) is 26.4 Å². The van der Waals surface area contributed by atoms with Crippen molar-refractivity contribution in [3.63, 3.8) is 0 Å². The van der Waals surface area contributed by atoms with Crippen LogP contribution in [0, 0.1) is 5.92 Å². The van der Waals surface area contributed by atoms with Gasteiger partial charge in [-0.25, -0.2) is 0 Å². The first-order chi connectivity index (χ1) is 10.7. The van der Waals surface area contributed by atoms with Gasteiger partial charge < -0.3 is 20.1 Å². The summed E-state index contributed by atoms with van der Waals surface area (Å²) in [5.41, 5.74) is 0.670. The van der Waals surface area contributed by atoms with Crippen molar-refractivity contribution < 1.29 is 14.3 Å². The summed E-state index contributed by atoms with van der Waals surface area (Å²) in [5.74, 6) is 1.89. The Morgan fingerprint density at radius 3 is 2.52 bits per heavy atom. The van der Waals surface area contributed by atoms with Crippen molar-refractivity contribution in [2.24, 2.45) is 5.92 Å². The van der Waals surface area contributed by atoms with Gasteiger partial charge in [0.15, 0.2) is 0 Å². The van der Waals surface area contributed by atoms with Crippen LogP contribution in [0.15, 0.2) is 18.2 Å². The van der Waals surface area contributed by atoms with E-state index in [4.69, 9.17) is 9.47 Å². The minimum Gasteiger partial charge on any atom is -0.497 e. The molecule has 2 N–H and O–H groups in total. The standard InChI is InChI=1S/C17H24N2O3.ClH/c1-21-14-5-6-16(22-2)15(10-14)19-17(20)9-11-7-12-3-4-13(8-11)18-12;/h5-6,10-13,18H,3-4,7-9H2,1-2H3,(H,19,20);1H. The van der Waals surface area contributed by atoms with Crippen LogP contribution >= 0.6 is 12.4 Å². The second-order valence-electron chi connectivity index (χ2n) is 6.29. The number of ether oxygens (including phenoxy) is 2. The van der Waals surface area contributed by atoms with E-state index in [1.807, 2.05) is 6.07 Å². The molecule has 2 aliphatic rings. The van der Waals surface area contributed by atoms with Gasteiger partial charge in [0, 0.05) is 24.6 Å². The number of benzene rings is 1. The number of halogens is 1. The number of carbonyl (C=O) groups is 1. The lowest BCUT2D eigenvalue weighted by atomic mass is 9.89. The first-order valence-electron chi connectivity index (χ1n) is 7.96. The molecule has 2 unspecified atom stereocenters. The summed E-state index contributed by atoms with van der Waals surface area (Å²) in [5, 5.41) is 6.58. The Labute approximate surface area is 143 Å². The molecule has 2 atom stereocenters. The zero-order valence-electron chi connectivity index (χ0n) is 13.6. The Bertz CT molecular complexity index is 541. The Balaban J connectivity index is 0.00000192. The van der Waals surface area contributed by atoms with Gasteiger partial charge in [0.1, 0.15) is 11.5 Å². The van der Waals surface area contributed by atoms with E-state index in [9.17, 15) is 4.79 Å². The Morgan fingerprint density at radius 2 is 1.91 bits per heavy atom. The Kier molecular flexibility index (Phi) is 6.13. The average molecular weight is 341 g/mol. The third kappa shape index (κ3) is 4.30. The predicted octanol–water partition coefficient (Wildman–Crippen LogP) is 2.98. The van der Waals surface area contributed by atoms with Gasteiger partial charge in [-0.2, -0.15) is 0 Å². The number of fused-ring (bicyclic) bond motifs is 2. The normalized spacial score (nSPS) is 25.4. The number of piperidine rings is 1. The molecule has 0 saturated carbocycles. The minimum absolute atomic E-state index is 0. The molecule has 128 valence electrons. The molecule has 0 aromatic heterocycles. The summed E-state index contributed by atoms with van der Waals surface area (Å²) in [6.45, 7) is 0. The molecule has 2 bridgehead atoms. The molecular weight excluding hydrogens is 316 g/mol. The lowest BCUT2D eigenvalue weighted by Crippen LogP contribution is -2.39. The van der Waals surface area contributed by atoms with Crippen LogP contribution in [0.3, 0.4) is 0 Å². The van der Waals surface area contributed by atoms with Gasteiger partial charge in [-0.1, -0.05) is 0 Å². The van der Waals surface area contributed by atoms with Crippen LogP contribution in [-0.2, 0) is 4.79 Å². The van der Waals surface area contributed by atoms with Gasteiger partial charge in [-0.3, -0.25) is 4.79 Å². The SMILES string of the molecule is COc1ccc(OC)c(NC(=O)CC2CC3CCC(C2)N3)c1.Cl. The van der Waals surface area contributed by atoms with E-state index in [2.05, 4.69) is 10.6 Å². The molecule has 0 aliphatic carbocycles. The van der Waals surface area contributed by atoms with Crippen molar-refractivity contribution in [2.75, 3.05) is 19.5 Å². The second-order valence-corrected chi connectivity index (χ2v) is 6.29. The number of anilines is 1. The lowest BCUT2D eigenvalue weighted by molar-refractivity contribution is -0.117. The van der Waals surface area contributed by atoms with Crippen molar-refractivity contribution in [1.82, 2.24) is 5.32 Å². The first kappa shape index (κ1) is 17.9. The quantitative estimate of drug-likeness (QED) is 0.865. The molecule has 23 heavy (non-hydrogen) atoms. The number of hydrogen-bond donors (Lipinski definition) is 2. The third-order valence-electron chi connectivity index (χ3n) is 4.73. The predicted molar refractivity (Wildman–Crippen MR) is 92.7 cm³/mol. The molecule has 0 spiro atoms. The van der Waals surface area contributed by atoms with Gasteiger partial charge in [-0.15, -0.1) is 12.4 Å². The lowest BCUT2D eigenvalue weighted by Gasteiger charge is -2.28. The molecule has 2 heterocycles. The number of nitrogens with one attached hydrogen (secondary N) is 2. The van der Waals surface area contributed by atoms with Crippen LogP contribution < -0.4 is 20.1 Å². The molecule has 2 saturated heterocycles. The van der Waals surface area contributed by atoms with Crippen LogP contribution in [0.25, 0.3) is 0 Å². The van der Waals surface area contributed by atoms with E-state index in [1.165, 1.54) is 12.8 Å². The molecule has 1 aromatic rings. The summed E-state index contributed by atoms with van der Waals surface area (Å²) in [4.78, 5) is 12.4. The number of methoxy groups -OCH3 is 2. The van der Waals surface area contributed by atoms with Crippen LogP contribution in [0.2, 0.25) is 0 Å². The maximum absolute atomic E-state index is 12.4. The molecule has 0 radical (unpaired) electrons. The molecular formula is C17H25ClN2O3. The fraction of sp³-hybridized carbons (Fsp3) is 0.588. The summed E-state index contributed by atoms with van der Waals surface area (Å²) in [7, 11) is 3.21. The zero-order chi connectivity index (χ0) is 15.5. The second kappa shape index (κ2) is 7.88. The van der Waals surface area contributed by atoms with E-state index < -0.39 is 0 Å². The van der Waals surface area contributed by atoms with Crippen molar-refractivity contribution in [3.8, 4) is 11.5 Å². The van der Waals surface area contributed by atoms with Crippen molar-refractivity contribution in [3.05, 3.63) is 18.2 Å². The number of amides is 1. The summed E-state index contributed by atoms with van der Waals surface area (Å²) < 4.78 is 10.5. The van der Waals surface area contributed by atoms with Crippen molar-refractivity contribution in [1.29, 1.82) is 0 Å². The summed E-state index contributed by atoms with van der Waals surface area (Å²) in [6, 6.07) is 6.65. The van der Waals surface area contributed by atoms with E-state index >= 15 is 0 Å². The summed E-state index contributed by atoms with van der Waals surface area (Å²) >= 11 is 0. The molecule has 2 fully saturated rings. The fourth-order valence-corrected chi connectivity index (χ4v) is 3.72. The van der Waals surface area contributed by atoms with Crippen LogP contribution in [0.1, 0.15) is 32.1 Å². The van der Waals surface area contributed by atoms with Gasteiger partial charge in [0.25, 0.3) is 0 Å². The molecule has 6 heteroatoms. The van der Waals surface area contributed by atoms with Crippen LogP contribution in [0.5, 0.6) is 11.5 Å². The van der Waals surface area contributed by atoms with Gasteiger partial charge in [0.2, 0.25) is 5.91 Å². The topological polar surface area (TPSA) is 59.6 Å². The highest BCUT2D eigenvalue weighted by atomic mass is 35.5. The number of hydrogen-bond acceptors (Lipinski definition) is 4. The van der Waals surface area contributed by atoms with E-state index in [0.717, 1.165) is 12.8 Å². The van der Waals surface area contributed by atoms with Crippen molar-refractivity contribution in [2.45, 2.75) is 44.2 Å².